The Morgan fingerprint density at radius 3 is 1.94 bits per heavy atom. The molecule has 1 aromatic heterocycles. The van der Waals surface area contributed by atoms with Crippen molar-refractivity contribution in [3.8, 4) is 0 Å². The topological polar surface area (TPSA) is 71.2 Å². The van der Waals surface area contributed by atoms with Crippen molar-refractivity contribution in [2.75, 3.05) is 35.2 Å². The van der Waals surface area contributed by atoms with E-state index in [4.69, 9.17) is 5.73 Å². The molecule has 0 saturated heterocycles. The maximum atomic E-state index is 5.78. The summed E-state index contributed by atoms with van der Waals surface area (Å²) in [4.78, 5) is 17.1. The summed E-state index contributed by atoms with van der Waals surface area (Å²) < 4.78 is 0. The summed E-state index contributed by atoms with van der Waals surface area (Å²) in [5, 5.41) is 0. The van der Waals surface area contributed by atoms with Crippen LogP contribution in [-0.4, -0.2) is 40.6 Å². The first-order chi connectivity index (χ1) is 8.53. The summed E-state index contributed by atoms with van der Waals surface area (Å²) >= 11 is 0. The van der Waals surface area contributed by atoms with Crippen LogP contribution in [0.1, 0.15) is 34.6 Å². The highest BCUT2D eigenvalue weighted by molar-refractivity contribution is 5.43. The molecule has 0 amide bonds. The molecule has 0 unspecified atom stereocenters. The number of nitrogens with two attached hydrogens (primary N) is 1. The fourth-order valence-electron chi connectivity index (χ4n) is 1.88. The van der Waals surface area contributed by atoms with Crippen molar-refractivity contribution < 1.29 is 0 Å². The Labute approximate surface area is 109 Å². The lowest BCUT2D eigenvalue weighted by Gasteiger charge is -2.26. The van der Waals surface area contributed by atoms with Crippen LogP contribution in [-0.2, 0) is 0 Å². The fraction of sp³-hybridized carbons (Fsp3) is 0.750. The highest BCUT2D eigenvalue weighted by Gasteiger charge is 2.15. The van der Waals surface area contributed by atoms with Gasteiger partial charge in [0.05, 0.1) is 0 Å². The standard InChI is InChI=1S/C12H24N6/c1-6-17(7-2)11-14-10(13)15-12(16-11)18(8-3)9(4)5/h9H,6-8H2,1-5H3,(H2,13,14,15,16). The summed E-state index contributed by atoms with van der Waals surface area (Å²) in [5.74, 6) is 1.59. The molecule has 102 valence electrons. The van der Waals surface area contributed by atoms with Gasteiger partial charge < -0.3 is 15.5 Å². The molecule has 0 aromatic carbocycles. The largest absolute Gasteiger partial charge is 0.368 e. The second-order valence-corrected chi connectivity index (χ2v) is 4.35. The van der Waals surface area contributed by atoms with Crippen LogP contribution in [0.3, 0.4) is 0 Å². The summed E-state index contributed by atoms with van der Waals surface area (Å²) in [6.07, 6.45) is 0. The van der Waals surface area contributed by atoms with Gasteiger partial charge in [0.25, 0.3) is 0 Å². The Bertz CT molecular complexity index is 375. The average Bonchev–Trinajstić information content (AvgIpc) is 2.30. The Hall–Kier alpha value is -1.59. The molecular formula is C12H24N6. The van der Waals surface area contributed by atoms with Crippen LogP contribution in [0.4, 0.5) is 17.8 Å². The van der Waals surface area contributed by atoms with Gasteiger partial charge in [0, 0.05) is 25.7 Å². The molecule has 0 bridgehead atoms. The van der Waals surface area contributed by atoms with Crippen molar-refractivity contribution in [1.82, 2.24) is 15.0 Å². The summed E-state index contributed by atoms with van der Waals surface area (Å²) in [6, 6.07) is 0.335. The molecule has 1 heterocycles. The number of rotatable bonds is 6. The minimum atomic E-state index is 0.279. The monoisotopic (exact) mass is 252 g/mol. The maximum absolute atomic E-state index is 5.78. The number of aromatic nitrogens is 3. The van der Waals surface area contributed by atoms with E-state index in [2.05, 4.69) is 59.4 Å². The number of nitrogen functional groups attached to an aromatic ring is 1. The van der Waals surface area contributed by atoms with Gasteiger partial charge in [-0.2, -0.15) is 15.0 Å². The lowest BCUT2D eigenvalue weighted by atomic mass is 10.3. The normalized spacial score (nSPS) is 10.8. The predicted molar refractivity (Wildman–Crippen MR) is 76.0 cm³/mol. The van der Waals surface area contributed by atoms with Crippen LogP contribution >= 0.6 is 0 Å². The van der Waals surface area contributed by atoms with Gasteiger partial charge in [0.2, 0.25) is 17.8 Å². The molecular weight excluding hydrogens is 228 g/mol. The molecule has 0 fully saturated rings. The molecule has 1 rings (SSSR count). The molecule has 0 atom stereocenters. The van der Waals surface area contributed by atoms with Gasteiger partial charge in [0.15, 0.2) is 0 Å². The number of nitrogens with zero attached hydrogens (tertiary/aromatic N) is 5. The van der Waals surface area contributed by atoms with Gasteiger partial charge in [-0.1, -0.05) is 0 Å². The molecule has 18 heavy (non-hydrogen) atoms. The van der Waals surface area contributed by atoms with E-state index in [0.29, 0.717) is 17.9 Å². The van der Waals surface area contributed by atoms with E-state index in [1.54, 1.807) is 0 Å². The van der Waals surface area contributed by atoms with Gasteiger partial charge in [-0.05, 0) is 34.6 Å². The number of anilines is 3. The van der Waals surface area contributed by atoms with Gasteiger partial charge in [-0.15, -0.1) is 0 Å². The highest BCUT2D eigenvalue weighted by Crippen LogP contribution is 2.16. The zero-order valence-electron chi connectivity index (χ0n) is 12.0. The third-order valence-corrected chi connectivity index (χ3v) is 2.90. The van der Waals surface area contributed by atoms with E-state index in [1.807, 2.05) is 0 Å². The SMILES string of the molecule is CCN(CC)c1nc(N)nc(N(CC)C(C)C)n1. The van der Waals surface area contributed by atoms with Gasteiger partial charge >= 0.3 is 0 Å². The molecule has 0 radical (unpaired) electrons. The molecule has 1 aromatic rings. The van der Waals surface area contributed by atoms with Crippen molar-refractivity contribution in [2.45, 2.75) is 40.7 Å². The minimum Gasteiger partial charge on any atom is -0.368 e. The lowest BCUT2D eigenvalue weighted by molar-refractivity contribution is 0.675. The maximum Gasteiger partial charge on any atom is 0.232 e. The third-order valence-electron chi connectivity index (χ3n) is 2.90. The Morgan fingerprint density at radius 2 is 1.50 bits per heavy atom. The molecule has 0 aliphatic carbocycles. The number of hydrogen-bond donors (Lipinski definition) is 1. The van der Waals surface area contributed by atoms with Gasteiger partial charge in [-0.25, -0.2) is 0 Å². The minimum absolute atomic E-state index is 0.279. The molecule has 6 nitrogen and oxygen atoms in total. The van der Waals surface area contributed by atoms with Crippen molar-refractivity contribution >= 4 is 17.8 Å². The highest BCUT2D eigenvalue weighted by atomic mass is 15.4. The Balaban J connectivity index is 3.14. The van der Waals surface area contributed by atoms with Crippen LogP contribution in [0.2, 0.25) is 0 Å². The quantitative estimate of drug-likeness (QED) is 0.828. The van der Waals surface area contributed by atoms with Crippen molar-refractivity contribution in [3.63, 3.8) is 0 Å². The van der Waals surface area contributed by atoms with E-state index in [-0.39, 0.29) is 5.95 Å². The Kier molecular flexibility index (Phi) is 5.12. The molecule has 0 saturated carbocycles. The number of hydrogen-bond acceptors (Lipinski definition) is 6. The van der Waals surface area contributed by atoms with E-state index in [9.17, 15) is 0 Å². The second kappa shape index (κ2) is 6.37. The van der Waals surface area contributed by atoms with E-state index in [0.717, 1.165) is 19.6 Å². The van der Waals surface area contributed by atoms with Crippen LogP contribution in [0.5, 0.6) is 0 Å². The third kappa shape index (κ3) is 3.21. The van der Waals surface area contributed by atoms with E-state index >= 15 is 0 Å². The van der Waals surface area contributed by atoms with Crippen molar-refractivity contribution in [2.24, 2.45) is 0 Å². The van der Waals surface area contributed by atoms with Crippen molar-refractivity contribution in [1.29, 1.82) is 0 Å². The first kappa shape index (κ1) is 14.5. The average molecular weight is 252 g/mol. The van der Waals surface area contributed by atoms with E-state index in [1.165, 1.54) is 0 Å². The van der Waals surface area contributed by atoms with Crippen LogP contribution in [0.15, 0.2) is 0 Å². The van der Waals surface area contributed by atoms with Gasteiger partial charge in [-0.3, -0.25) is 0 Å². The van der Waals surface area contributed by atoms with E-state index < -0.39 is 0 Å². The van der Waals surface area contributed by atoms with Gasteiger partial charge in [0.1, 0.15) is 0 Å². The smallest absolute Gasteiger partial charge is 0.232 e. The molecule has 0 spiro atoms. The Morgan fingerprint density at radius 1 is 0.944 bits per heavy atom. The lowest BCUT2D eigenvalue weighted by Crippen LogP contribution is -2.33. The summed E-state index contributed by atoms with van der Waals surface area (Å²) in [7, 11) is 0. The first-order valence-corrected chi connectivity index (χ1v) is 6.56. The fourth-order valence-corrected chi connectivity index (χ4v) is 1.88. The molecule has 2 N–H and O–H groups in total. The van der Waals surface area contributed by atoms with Crippen LogP contribution < -0.4 is 15.5 Å². The second-order valence-electron chi connectivity index (χ2n) is 4.35. The summed E-state index contributed by atoms with van der Waals surface area (Å²) in [6.45, 7) is 13.0. The van der Waals surface area contributed by atoms with Crippen molar-refractivity contribution in [3.05, 3.63) is 0 Å². The zero-order valence-corrected chi connectivity index (χ0v) is 12.0. The molecule has 6 heteroatoms. The first-order valence-electron chi connectivity index (χ1n) is 6.56. The molecule has 0 aliphatic rings. The van der Waals surface area contributed by atoms with Crippen LogP contribution in [0, 0.1) is 0 Å². The van der Waals surface area contributed by atoms with Crippen LogP contribution in [0.25, 0.3) is 0 Å². The summed E-state index contributed by atoms with van der Waals surface area (Å²) in [5.41, 5.74) is 5.78. The molecule has 0 aliphatic heterocycles. The zero-order chi connectivity index (χ0) is 13.7. The predicted octanol–water partition coefficient (Wildman–Crippen LogP) is 1.53.